The van der Waals surface area contributed by atoms with Crippen LogP contribution in [0.4, 0.5) is 0 Å². The highest BCUT2D eigenvalue weighted by Crippen LogP contribution is 2.46. The number of benzene rings is 1. The number of hydrogen-bond acceptors (Lipinski definition) is 2. The average molecular weight is 245 g/mol. The third-order valence-corrected chi connectivity index (χ3v) is 4.54. The van der Waals surface area contributed by atoms with Crippen LogP contribution in [0.5, 0.6) is 5.75 Å². The van der Waals surface area contributed by atoms with Gasteiger partial charge in [0.1, 0.15) is 5.75 Å². The summed E-state index contributed by atoms with van der Waals surface area (Å²) in [6.45, 7) is 2.33. The highest BCUT2D eigenvalue weighted by Gasteiger charge is 2.35. The predicted molar refractivity (Wildman–Crippen MR) is 73.6 cm³/mol. The molecule has 1 aromatic rings. The summed E-state index contributed by atoms with van der Waals surface area (Å²) in [7, 11) is 0. The summed E-state index contributed by atoms with van der Waals surface area (Å²) in [5, 5.41) is 0. The van der Waals surface area contributed by atoms with Crippen molar-refractivity contribution in [3.63, 3.8) is 0 Å². The van der Waals surface area contributed by atoms with E-state index in [1.807, 2.05) is 6.07 Å². The Bertz CT molecular complexity index is 419. The molecular weight excluding hydrogens is 222 g/mol. The molecule has 1 atom stereocenters. The normalized spacial score (nSPS) is 23.9. The highest BCUT2D eigenvalue weighted by atomic mass is 16.5. The van der Waals surface area contributed by atoms with Crippen LogP contribution in [0.2, 0.25) is 0 Å². The maximum Gasteiger partial charge on any atom is 0.120 e. The highest BCUT2D eigenvalue weighted by molar-refractivity contribution is 5.32. The van der Waals surface area contributed by atoms with Crippen molar-refractivity contribution < 1.29 is 4.74 Å². The van der Waals surface area contributed by atoms with E-state index in [0.717, 1.165) is 5.75 Å². The van der Waals surface area contributed by atoms with Gasteiger partial charge in [0.05, 0.1) is 6.10 Å². The van der Waals surface area contributed by atoms with E-state index in [2.05, 4.69) is 25.1 Å². The van der Waals surface area contributed by atoms with Crippen LogP contribution in [-0.4, -0.2) is 6.10 Å². The van der Waals surface area contributed by atoms with Gasteiger partial charge in [0, 0.05) is 6.04 Å². The second-order valence-corrected chi connectivity index (χ2v) is 6.23. The van der Waals surface area contributed by atoms with Crippen molar-refractivity contribution in [2.75, 3.05) is 0 Å². The molecule has 2 heteroatoms. The lowest BCUT2D eigenvalue weighted by Gasteiger charge is -2.31. The number of ether oxygens (including phenoxy) is 1. The van der Waals surface area contributed by atoms with Gasteiger partial charge < -0.3 is 10.5 Å². The molecule has 0 aromatic heterocycles. The van der Waals surface area contributed by atoms with Crippen molar-refractivity contribution in [1.29, 1.82) is 0 Å². The van der Waals surface area contributed by atoms with Gasteiger partial charge in [0.2, 0.25) is 0 Å². The molecule has 2 fully saturated rings. The van der Waals surface area contributed by atoms with Crippen molar-refractivity contribution in [3.8, 4) is 5.75 Å². The molecule has 0 saturated heterocycles. The Labute approximate surface area is 110 Å². The molecule has 0 bridgehead atoms. The van der Waals surface area contributed by atoms with Crippen LogP contribution in [0, 0.1) is 5.41 Å². The van der Waals surface area contributed by atoms with Crippen molar-refractivity contribution in [2.24, 2.45) is 11.1 Å². The van der Waals surface area contributed by atoms with E-state index in [4.69, 9.17) is 10.5 Å². The molecule has 1 unspecified atom stereocenters. The van der Waals surface area contributed by atoms with Crippen LogP contribution in [0.1, 0.15) is 57.1 Å². The van der Waals surface area contributed by atoms with Gasteiger partial charge in [-0.25, -0.2) is 0 Å². The van der Waals surface area contributed by atoms with Crippen LogP contribution in [0.3, 0.4) is 0 Å². The Kier molecular flexibility index (Phi) is 3.06. The Morgan fingerprint density at radius 1 is 1.28 bits per heavy atom. The fourth-order valence-electron chi connectivity index (χ4n) is 3.06. The van der Waals surface area contributed by atoms with Crippen LogP contribution >= 0.6 is 0 Å². The first-order chi connectivity index (χ1) is 8.67. The molecule has 2 aliphatic rings. The maximum atomic E-state index is 6.49. The number of hydrogen-bond donors (Lipinski definition) is 1. The largest absolute Gasteiger partial charge is 0.490 e. The topological polar surface area (TPSA) is 35.2 Å². The van der Waals surface area contributed by atoms with E-state index >= 15 is 0 Å². The predicted octanol–water partition coefficient (Wildman–Crippen LogP) is 3.81. The lowest BCUT2D eigenvalue weighted by atomic mass is 9.78. The van der Waals surface area contributed by atoms with Crippen LogP contribution in [-0.2, 0) is 0 Å². The molecule has 2 nitrogen and oxygen atoms in total. The summed E-state index contributed by atoms with van der Waals surface area (Å²) in [5.74, 6) is 0.993. The van der Waals surface area contributed by atoms with Crippen LogP contribution in [0.25, 0.3) is 0 Å². The van der Waals surface area contributed by atoms with Gasteiger partial charge in [-0.3, -0.25) is 0 Å². The summed E-state index contributed by atoms with van der Waals surface area (Å²) in [5.41, 5.74) is 8.00. The average Bonchev–Trinajstić information content (AvgIpc) is 3.08. The van der Waals surface area contributed by atoms with Gasteiger partial charge >= 0.3 is 0 Å². The summed E-state index contributed by atoms with van der Waals surface area (Å²) in [6, 6.07) is 8.56. The number of nitrogens with two attached hydrogens (primary N) is 1. The second kappa shape index (κ2) is 4.58. The maximum absolute atomic E-state index is 6.49. The lowest BCUT2D eigenvalue weighted by molar-refractivity contribution is 0.263. The van der Waals surface area contributed by atoms with E-state index in [9.17, 15) is 0 Å². The molecule has 0 amide bonds. The molecule has 2 N–H and O–H groups in total. The van der Waals surface area contributed by atoms with E-state index in [0.29, 0.717) is 6.10 Å². The molecule has 1 aromatic carbocycles. The SMILES string of the molecule is CC1(C(N)c2cccc(OC3CC3)c2)CCCC1. The van der Waals surface area contributed by atoms with E-state index < -0.39 is 0 Å². The Hall–Kier alpha value is -1.02. The molecule has 0 spiro atoms. The minimum Gasteiger partial charge on any atom is -0.490 e. The van der Waals surface area contributed by atoms with E-state index in [-0.39, 0.29) is 11.5 Å². The smallest absolute Gasteiger partial charge is 0.120 e. The summed E-state index contributed by atoms with van der Waals surface area (Å²) >= 11 is 0. The molecule has 2 saturated carbocycles. The van der Waals surface area contributed by atoms with Gasteiger partial charge in [-0.1, -0.05) is 31.9 Å². The van der Waals surface area contributed by atoms with Gasteiger partial charge in [-0.2, -0.15) is 0 Å². The number of rotatable bonds is 4. The molecule has 18 heavy (non-hydrogen) atoms. The zero-order valence-corrected chi connectivity index (χ0v) is 11.2. The quantitative estimate of drug-likeness (QED) is 0.875. The van der Waals surface area contributed by atoms with E-state index in [1.165, 1.54) is 44.1 Å². The monoisotopic (exact) mass is 245 g/mol. The lowest BCUT2D eigenvalue weighted by Crippen LogP contribution is -2.29. The van der Waals surface area contributed by atoms with Crippen LogP contribution < -0.4 is 10.5 Å². The Morgan fingerprint density at radius 2 is 2.00 bits per heavy atom. The third-order valence-electron chi connectivity index (χ3n) is 4.54. The van der Waals surface area contributed by atoms with Crippen molar-refractivity contribution in [2.45, 2.75) is 57.6 Å². The molecule has 2 aliphatic carbocycles. The Morgan fingerprint density at radius 3 is 2.67 bits per heavy atom. The van der Waals surface area contributed by atoms with Gasteiger partial charge in [0.15, 0.2) is 0 Å². The van der Waals surface area contributed by atoms with E-state index in [1.54, 1.807) is 0 Å². The zero-order valence-electron chi connectivity index (χ0n) is 11.2. The van der Waals surface area contributed by atoms with Crippen molar-refractivity contribution >= 4 is 0 Å². The van der Waals surface area contributed by atoms with Gasteiger partial charge in [-0.15, -0.1) is 0 Å². The van der Waals surface area contributed by atoms with Gasteiger partial charge in [-0.05, 0) is 48.8 Å². The molecular formula is C16H23NO. The standard InChI is InChI=1S/C16H23NO/c1-16(9-2-3-10-16)15(17)12-5-4-6-14(11-12)18-13-7-8-13/h4-6,11,13,15H,2-3,7-10,17H2,1H3. The fraction of sp³-hybridized carbons (Fsp3) is 0.625. The molecule has 0 heterocycles. The first-order valence-corrected chi connectivity index (χ1v) is 7.20. The minimum atomic E-state index is 0.141. The minimum absolute atomic E-state index is 0.141. The molecule has 0 radical (unpaired) electrons. The molecule has 3 rings (SSSR count). The summed E-state index contributed by atoms with van der Waals surface area (Å²) < 4.78 is 5.86. The van der Waals surface area contributed by atoms with Crippen molar-refractivity contribution in [1.82, 2.24) is 0 Å². The summed E-state index contributed by atoms with van der Waals surface area (Å²) in [4.78, 5) is 0. The van der Waals surface area contributed by atoms with Crippen molar-refractivity contribution in [3.05, 3.63) is 29.8 Å². The third kappa shape index (κ3) is 2.39. The van der Waals surface area contributed by atoms with Crippen LogP contribution in [0.15, 0.2) is 24.3 Å². The first kappa shape index (κ1) is 12.0. The molecule has 0 aliphatic heterocycles. The first-order valence-electron chi connectivity index (χ1n) is 7.20. The second-order valence-electron chi connectivity index (χ2n) is 6.23. The molecule has 98 valence electrons. The van der Waals surface area contributed by atoms with Gasteiger partial charge in [0.25, 0.3) is 0 Å². The summed E-state index contributed by atoms with van der Waals surface area (Å²) in [6.07, 6.45) is 8.01. The zero-order chi connectivity index (χ0) is 12.6. The fourth-order valence-corrected chi connectivity index (χ4v) is 3.06. The Balaban J connectivity index is 1.77.